The first kappa shape index (κ1) is 12.6. The molecule has 0 bridgehead atoms. The first-order chi connectivity index (χ1) is 8.06. The van der Waals surface area contributed by atoms with E-state index in [1.807, 2.05) is 18.2 Å². The highest BCUT2D eigenvalue weighted by Gasteiger charge is 2.09. The Morgan fingerprint density at radius 2 is 2.18 bits per heavy atom. The molecular weight excluding hydrogens is 304 g/mol. The number of halogens is 1. The highest BCUT2D eigenvalue weighted by molar-refractivity contribution is 9.10. The van der Waals surface area contributed by atoms with Gasteiger partial charge in [-0.05, 0) is 36.4 Å². The van der Waals surface area contributed by atoms with Gasteiger partial charge in [-0.1, -0.05) is 22.0 Å². The largest absolute Gasteiger partial charge is 0.416 e. The number of hydrogen-bond acceptors (Lipinski definition) is 5. The normalized spacial score (nSPS) is 12.7. The van der Waals surface area contributed by atoms with Gasteiger partial charge in [-0.2, -0.15) is 0 Å². The second kappa shape index (κ2) is 5.20. The van der Waals surface area contributed by atoms with E-state index in [4.69, 9.17) is 4.42 Å². The molecule has 1 aromatic carbocycles. The summed E-state index contributed by atoms with van der Waals surface area (Å²) in [5, 5.41) is 17.7. The molecule has 6 heteroatoms. The minimum absolute atomic E-state index is 0.492. The van der Waals surface area contributed by atoms with Gasteiger partial charge in [0.1, 0.15) is 0 Å². The zero-order chi connectivity index (χ0) is 12.4. The van der Waals surface area contributed by atoms with Crippen LogP contribution in [0.15, 0.2) is 37.2 Å². The molecule has 0 radical (unpaired) electrons. The Hall–Kier alpha value is -0.850. The average Bonchev–Trinajstić information content (AvgIpc) is 2.63. The topological polar surface area (TPSA) is 59.2 Å². The van der Waals surface area contributed by atoms with Gasteiger partial charge in [0.2, 0.25) is 5.89 Å². The van der Waals surface area contributed by atoms with Gasteiger partial charge in [-0.15, -0.1) is 10.2 Å². The predicted molar refractivity (Wildman–Crippen MR) is 67.9 cm³/mol. The molecule has 1 aromatic heterocycles. The Morgan fingerprint density at radius 1 is 1.41 bits per heavy atom. The van der Waals surface area contributed by atoms with Crippen LogP contribution >= 0.6 is 27.7 Å². The van der Waals surface area contributed by atoms with Crippen molar-refractivity contribution < 1.29 is 9.52 Å². The van der Waals surface area contributed by atoms with E-state index in [-0.39, 0.29) is 0 Å². The van der Waals surface area contributed by atoms with Crippen molar-refractivity contribution in [3.05, 3.63) is 34.1 Å². The summed E-state index contributed by atoms with van der Waals surface area (Å²) in [6, 6.07) is 5.71. The molecule has 0 fully saturated rings. The van der Waals surface area contributed by atoms with Gasteiger partial charge < -0.3 is 9.52 Å². The molecule has 1 unspecified atom stereocenters. The van der Waals surface area contributed by atoms with E-state index >= 15 is 0 Å². The van der Waals surface area contributed by atoms with Crippen molar-refractivity contribution in [3.63, 3.8) is 0 Å². The number of aryl methyl sites for hydroxylation is 1. The zero-order valence-electron chi connectivity index (χ0n) is 9.35. The number of benzene rings is 1. The standard InChI is InChI=1S/C11H11BrN2O2S/c1-6(15)9-4-3-8(5-10(9)12)17-11-14-13-7(2)16-11/h3-6,15H,1-2H3. The lowest BCUT2D eigenvalue weighted by molar-refractivity contribution is 0.198. The fourth-order valence-electron chi connectivity index (χ4n) is 1.33. The summed E-state index contributed by atoms with van der Waals surface area (Å²) in [4.78, 5) is 0.977. The van der Waals surface area contributed by atoms with Crippen LogP contribution in [0.2, 0.25) is 0 Å². The molecule has 17 heavy (non-hydrogen) atoms. The quantitative estimate of drug-likeness (QED) is 0.941. The van der Waals surface area contributed by atoms with Crippen LogP contribution < -0.4 is 0 Å². The van der Waals surface area contributed by atoms with Gasteiger partial charge >= 0.3 is 0 Å². The highest BCUT2D eigenvalue weighted by Crippen LogP contribution is 2.32. The number of nitrogens with zero attached hydrogens (tertiary/aromatic N) is 2. The summed E-state index contributed by atoms with van der Waals surface area (Å²) in [5.74, 6) is 0.548. The summed E-state index contributed by atoms with van der Waals surface area (Å²) in [6.07, 6.45) is -0.492. The molecule has 0 spiro atoms. The summed E-state index contributed by atoms with van der Waals surface area (Å²) in [6.45, 7) is 3.48. The molecular formula is C11H11BrN2O2S. The monoisotopic (exact) mass is 314 g/mol. The van der Waals surface area contributed by atoms with E-state index in [1.165, 1.54) is 11.8 Å². The maximum Gasteiger partial charge on any atom is 0.281 e. The third-order valence-corrected chi connectivity index (χ3v) is 3.65. The average molecular weight is 315 g/mol. The van der Waals surface area contributed by atoms with Crippen LogP contribution in [0.25, 0.3) is 0 Å². The number of hydrogen-bond donors (Lipinski definition) is 1. The molecule has 0 amide bonds. The molecule has 2 aromatic rings. The Bertz CT molecular complexity index is 528. The minimum Gasteiger partial charge on any atom is -0.416 e. The summed E-state index contributed by atoms with van der Waals surface area (Å²) in [7, 11) is 0. The molecule has 90 valence electrons. The molecule has 4 nitrogen and oxygen atoms in total. The van der Waals surface area contributed by atoms with E-state index in [2.05, 4.69) is 26.1 Å². The Kier molecular flexibility index (Phi) is 3.86. The van der Waals surface area contributed by atoms with Gasteiger partial charge in [0.15, 0.2) is 0 Å². The van der Waals surface area contributed by atoms with E-state index < -0.39 is 6.10 Å². The lowest BCUT2D eigenvalue weighted by Gasteiger charge is -2.08. The van der Waals surface area contributed by atoms with E-state index in [0.717, 1.165) is 14.9 Å². The fourth-order valence-corrected chi connectivity index (χ4v) is 2.95. The molecule has 2 rings (SSSR count). The van der Waals surface area contributed by atoms with Crippen LogP contribution in [-0.4, -0.2) is 15.3 Å². The second-order valence-corrected chi connectivity index (χ2v) is 5.43. The van der Waals surface area contributed by atoms with Gasteiger partial charge in [0.05, 0.1) is 6.10 Å². The number of rotatable bonds is 3. The summed E-state index contributed by atoms with van der Waals surface area (Å²) in [5.41, 5.74) is 0.857. The summed E-state index contributed by atoms with van der Waals surface area (Å²) < 4.78 is 6.15. The van der Waals surface area contributed by atoms with Crippen molar-refractivity contribution in [2.75, 3.05) is 0 Å². The highest BCUT2D eigenvalue weighted by atomic mass is 79.9. The van der Waals surface area contributed by atoms with Crippen LogP contribution in [0, 0.1) is 6.92 Å². The lowest BCUT2D eigenvalue weighted by Crippen LogP contribution is -1.92. The number of aliphatic hydroxyl groups excluding tert-OH is 1. The first-order valence-corrected chi connectivity index (χ1v) is 6.62. The van der Waals surface area contributed by atoms with Crippen molar-refractivity contribution in [3.8, 4) is 0 Å². The number of aliphatic hydroxyl groups is 1. The van der Waals surface area contributed by atoms with Gasteiger partial charge in [-0.3, -0.25) is 0 Å². The molecule has 0 aliphatic rings. The van der Waals surface area contributed by atoms with E-state index in [9.17, 15) is 5.11 Å². The van der Waals surface area contributed by atoms with E-state index in [1.54, 1.807) is 13.8 Å². The van der Waals surface area contributed by atoms with Gasteiger partial charge in [0, 0.05) is 16.3 Å². The van der Waals surface area contributed by atoms with Crippen LogP contribution in [0.1, 0.15) is 24.5 Å². The predicted octanol–water partition coefficient (Wildman–Crippen LogP) is 3.35. The Morgan fingerprint density at radius 3 is 2.71 bits per heavy atom. The minimum atomic E-state index is -0.492. The van der Waals surface area contributed by atoms with Crippen molar-refractivity contribution in [1.29, 1.82) is 0 Å². The Labute approximate surface area is 112 Å². The smallest absolute Gasteiger partial charge is 0.281 e. The SMILES string of the molecule is Cc1nnc(Sc2ccc(C(C)O)c(Br)c2)o1. The molecule has 1 N–H and O–H groups in total. The van der Waals surface area contributed by atoms with E-state index in [0.29, 0.717) is 11.1 Å². The maximum atomic E-state index is 9.51. The molecule has 0 aliphatic carbocycles. The van der Waals surface area contributed by atoms with Crippen molar-refractivity contribution >= 4 is 27.7 Å². The molecule has 1 atom stereocenters. The second-order valence-electron chi connectivity index (χ2n) is 3.55. The van der Waals surface area contributed by atoms with Crippen LogP contribution in [0.4, 0.5) is 0 Å². The molecule has 0 saturated carbocycles. The van der Waals surface area contributed by atoms with Crippen LogP contribution in [0.3, 0.4) is 0 Å². The first-order valence-electron chi connectivity index (χ1n) is 5.01. The van der Waals surface area contributed by atoms with Crippen molar-refractivity contribution in [2.45, 2.75) is 30.1 Å². The molecule has 0 saturated heterocycles. The van der Waals surface area contributed by atoms with Crippen molar-refractivity contribution in [2.24, 2.45) is 0 Å². The lowest BCUT2D eigenvalue weighted by atomic mass is 10.1. The fraction of sp³-hybridized carbons (Fsp3) is 0.273. The Balaban J connectivity index is 2.20. The maximum absolute atomic E-state index is 9.51. The van der Waals surface area contributed by atoms with Gasteiger partial charge in [0.25, 0.3) is 5.22 Å². The molecule has 0 aliphatic heterocycles. The zero-order valence-corrected chi connectivity index (χ0v) is 11.7. The summed E-state index contributed by atoms with van der Waals surface area (Å²) >= 11 is 4.82. The third kappa shape index (κ3) is 3.08. The molecule has 1 heterocycles. The van der Waals surface area contributed by atoms with Gasteiger partial charge in [-0.25, -0.2) is 0 Å². The van der Waals surface area contributed by atoms with Crippen molar-refractivity contribution in [1.82, 2.24) is 10.2 Å². The van der Waals surface area contributed by atoms with Crippen LogP contribution in [-0.2, 0) is 0 Å². The third-order valence-electron chi connectivity index (χ3n) is 2.13. The van der Waals surface area contributed by atoms with Crippen LogP contribution in [0.5, 0.6) is 0 Å². The number of aromatic nitrogens is 2.